The Labute approximate surface area is 128 Å². The van der Waals surface area contributed by atoms with Gasteiger partial charge in [-0.25, -0.2) is 0 Å². The molecule has 2 aromatic carbocycles. The average molecular weight is 208 g/mol. The van der Waals surface area contributed by atoms with Crippen LogP contribution in [0.4, 0.5) is 0 Å². The molecule has 0 saturated heterocycles. The van der Waals surface area contributed by atoms with Crippen molar-refractivity contribution in [2.24, 2.45) is 0 Å². The molecule has 0 unspecified atom stereocenters. The molecule has 14 heavy (non-hydrogen) atoms. The van der Waals surface area contributed by atoms with Crippen LogP contribution in [0.2, 0.25) is 0 Å². The summed E-state index contributed by atoms with van der Waals surface area (Å²) < 4.78 is 0. The van der Waals surface area contributed by atoms with Crippen LogP contribution in [0.3, 0.4) is 0 Å². The summed E-state index contributed by atoms with van der Waals surface area (Å²) in [5.74, 6) is 1.37. The average Bonchev–Trinajstić information content (AvgIpc) is 2.17. The van der Waals surface area contributed by atoms with E-state index in [0.29, 0.717) is 0 Å². The quantitative estimate of drug-likeness (QED) is 0.480. The number of fused-ring (bicyclic) bond motifs is 1. The van der Waals surface area contributed by atoms with Gasteiger partial charge in [-0.15, -0.1) is 17.5 Å². The molecule has 0 bridgehead atoms. The van der Waals surface area contributed by atoms with Crippen LogP contribution in [0, 0.1) is 5.92 Å². The van der Waals surface area contributed by atoms with E-state index in [1.54, 1.807) is 0 Å². The zero-order valence-electron chi connectivity index (χ0n) is 9.04. The Morgan fingerprint density at radius 1 is 0.857 bits per heavy atom. The second-order valence-corrected chi connectivity index (χ2v) is 3.53. The van der Waals surface area contributed by atoms with E-state index >= 15 is 0 Å². The maximum absolute atomic E-state index is 2.18. The summed E-state index contributed by atoms with van der Waals surface area (Å²) in [5, 5.41) is 2.67. The molecule has 0 aliphatic carbocycles. The van der Waals surface area contributed by atoms with Gasteiger partial charge in [0.25, 0.3) is 0 Å². The van der Waals surface area contributed by atoms with Crippen LogP contribution in [0.15, 0.2) is 42.5 Å². The van der Waals surface area contributed by atoms with Crippen LogP contribution in [-0.4, -0.2) is 0 Å². The van der Waals surface area contributed by atoms with Crippen LogP contribution < -0.4 is 51.4 Å². The van der Waals surface area contributed by atoms with Crippen LogP contribution in [-0.2, 0) is 0 Å². The van der Waals surface area contributed by atoms with Crippen molar-refractivity contribution in [3.63, 3.8) is 0 Å². The van der Waals surface area contributed by atoms with Crippen LogP contribution in [0.5, 0.6) is 0 Å². The first-order chi connectivity index (χ1) is 6.29. The third kappa shape index (κ3) is 2.41. The van der Waals surface area contributed by atoms with Crippen molar-refractivity contribution in [2.75, 3.05) is 0 Å². The molecular weight excluding hydrogens is 195 g/mol. The molecule has 0 nitrogen and oxygen atoms in total. The topological polar surface area (TPSA) is 0 Å². The summed E-state index contributed by atoms with van der Waals surface area (Å²) in [6, 6.07) is 15.0. The van der Waals surface area contributed by atoms with Gasteiger partial charge in [-0.2, -0.15) is 17.5 Å². The van der Waals surface area contributed by atoms with Crippen molar-refractivity contribution >= 4 is 10.8 Å². The summed E-state index contributed by atoms with van der Waals surface area (Å²) in [7, 11) is 0. The zero-order chi connectivity index (χ0) is 9.26. The van der Waals surface area contributed by atoms with Crippen molar-refractivity contribution in [3.05, 3.63) is 53.9 Å². The smallest absolute Gasteiger partial charge is 0.182 e. The van der Waals surface area contributed by atoms with E-state index in [0.717, 1.165) is 0 Å². The number of rotatable bonds is 1. The van der Waals surface area contributed by atoms with E-state index in [1.165, 1.54) is 22.3 Å². The van der Waals surface area contributed by atoms with Gasteiger partial charge in [0.2, 0.25) is 0 Å². The van der Waals surface area contributed by atoms with Gasteiger partial charge in [-0.3, -0.25) is 0 Å². The van der Waals surface area contributed by atoms with Gasteiger partial charge < -0.3 is 0 Å². The Hall–Kier alpha value is 0.206. The zero-order valence-corrected chi connectivity index (χ0v) is 12.2. The van der Waals surface area contributed by atoms with Gasteiger partial charge >= 0.3 is 51.4 Å². The first-order valence-corrected chi connectivity index (χ1v) is 4.57. The molecule has 66 valence electrons. The van der Waals surface area contributed by atoms with E-state index in [4.69, 9.17) is 0 Å². The van der Waals surface area contributed by atoms with Gasteiger partial charge in [0.1, 0.15) is 0 Å². The first-order valence-electron chi connectivity index (χ1n) is 4.57. The van der Waals surface area contributed by atoms with E-state index in [-0.39, 0.29) is 51.4 Å². The number of benzene rings is 2. The predicted molar refractivity (Wildman–Crippen MR) is 57.6 cm³/mol. The molecule has 2 rings (SSSR count). The van der Waals surface area contributed by atoms with Gasteiger partial charge in [-0.1, -0.05) is 43.5 Å². The summed E-state index contributed by atoms with van der Waals surface area (Å²) in [5.41, 5.74) is 1.36. The summed E-state index contributed by atoms with van der Waals surface area (Å²) >= 11 is 0. The van der Waals surface area contributed by atoms with E-state index in [1.807, 2.05) is 0 Å². The molecule has 0 aliphatic heterocycles. The van der Waals surface area contributed by atoms with Gasteiger partial charge in [-0.05, 0) is 0 Å². The Morgan fingerprint density at radius 2 is 1.50 bits per heavy atom. The molecule has 0 amide bonds. The van der Waals surface area contributed by atoms with E-state index < -0.39 is 0 Å². The van der Waals surface area contributed by atoms with E-state index in [2.05, 4.69) is 56.3 Å². The third-order valence-electron chi connectivity index (χ3n) is 2.33. The monoisotopic (exact) mass is 208 g/mol. The molecule has 0 N–H and O–H groups in total. The van der Waals surface area contributed by atoms with Crippen LogP contribution in [0.25, 0.3) is 10.8 Å². The minimum Gasteiger partial charge on any atom is -0.182 e. The summed E-state index contributed by atoms with van der Waals surface area (Å²) in [4.78, 5) is 0. The predicted octanol–water partition coefficient (Wildman–Crippen LogP) is 0.806. The van der Waals surface area contributed by atoms with Gasteiger partial charge in [0.05, 0.1) is 0 Å². The minimum absolute atomic E-state index is 0. The van der Waals surface area contributed by atoms with Gasteiger partial charge in [0, 0.05) is 0 Å². The Kier molecular flexibility index (Phi) is 4.68. The fourth-order valence-corrected chi connectivity index (χ4v) is 1.66. The van der Waals surface area contributed by atoms with Crippen molar-refractivity contribution in [2.45, 2.75) is 13.8 Å². The minimum atomic E-state index is 0. The molecule has 0 heterocycles. The molecule has 0 atom stereocenters. The molecule has 0 aliphatic rings. The van der Waals surface area contributed by atoms with Crippen molar-refractivity contribution in [1.82, 2.24) is 0 Å². The second-order valence-electron chi connectivity index (χ2n) is 3.53. The maximum atomic E-state index is 2.18. The van der Waals surface area contributed by atoms with E-state index in [9.17, 15) is 0 Å². The Morgan fingerprint density at radius 3 is 2.21 bits per heavy atom. The molecule has 0 radical (unpaired) electrons. The molecule has 0 aromatic heterocycles. The SMILES string of the molecule is C[C-](C)c1cccc2ccccc12.[K+]. The molecule has 0 spiro atoms. The molecule has 1 heteroatoms. The van der Waals surface area contributed by atoms with Crippen molar-refractivity contribution in [3.8, 4) is 0 Å². The molecular formula is C13H13K. The maximum Gasteiger partial charge on any atom is 1.00 e. The standard InChI is InChI=1S/C13H13.K/c1-10(2)12-9-5-7-11-6-3-4-8-13(11)12;/h3-9H,1-2H3;/q-1;+1. The second kappa shape index (κ2) is 5.33. The summed E-state index contributed by atoms with van der Waals surface area (Å²) in [6.45, 7) is 4.31. The summed E-state index contributed by atoms with van der Waals surface area (Å²) in [6.07, 6.45) is 0. The Bertz CT molecular complexity index is 413. The molecule has 0 saturated carbocycles. The Balaban J connectivity index is 0.000000980. The van der Waals surface area contributed by atoms with Crippen molar-refractivity contribution < 1.29 is 51.4 Å². The normalized spacial score (nSPS) is 9.57. The molecule has 2 aromatic rings. The fourth-order valence-electron chi connectivity index (χ4n) is 1.66. The fraction of sp³-hybridized carbons (Fsp3) is 0.154. The molecule has 0 fully saturated rings. The van der Waals surface area contributed by atoms with Crippen LogP contribution >= 0.6 is 0 Å². The largest absolute Gasteiger partial charge is 1.00 e. The first kappa shape index (κ1) is 12.3. The van der Waals surface area contributed by atoms with Crippen LogP contribution in [0.1, 0.15) is 19.4 Å². The van der Waals surface area contributed by atoms with Gasteiger partial charge in [0.15, 0.2) is 0 Å². The third-order valence-corrected chi connectivity index (χ3v) is 2.33. The number of hydrogen-bond donors (Lipinski definition) is 0. The number of hydrogen-bond acceptors (Lipinski definition) is 0. The van der Waals surface area contributed by atoms with Crippen molar-refractivity contribution in [1.29, 1.82) is 0 Å².